The first-order chi connectivity index (χ1) is 13.3. The van der Waals surface area contributed by atoms with Gasteiger partial charge in [-0.15, -0.1) is 0 Å². The highest BCUT2D eigenvalue weighted by Gasteiger charge is 2.17. The fourth-order valence-electron chi connectivity index (χ4n) is 3.13. The van der Waals surface area contributed by atoms with Gasteiger partial charge in [0, 0.05) is 6.04 Å². The van der Waals surface area contributed by atoms with Crippen molar-refractivity contribution in [1.82, 2.24) is 14.5 Å². The molecule has 2 aromatic carbocycles. The van der Waals surface area contributed by atoms with Crippen LogP contribution in [0.15, 0.2) is 52.1 Å². The van der Waals surface area contributed by atoms with Gasteiger partial charge in [-0.3, -0.25) is 14.2 Å². The number of fused-ring (bicyclic) bond motifs is 1. The molecule has 1 heterocycles. The van der Waals surface area contributed by atoms with E-state index in [-0.39, 0.29) is 24.1 Å². The fourth-order valence-corrected chi connectivity index (χ4v) is 3.13. The van der Waals surface area contributed by atoms with E-state index in [0.29, 0.717) is 16.6 Å². The van der Waals surface area contributed by atoms with Gasteiger partial charge in [-0.1, -0.05) is 25.1 Å². The Balaban J connectivity index is 2.23. The number of carbonyl (C=O) groups excluding carboxylic acids is 1. The standard InChI is InChI=1S/C22H25N3O3/c1-5-16(4)23-20(26)13-24-19-9-7-6-8-18(19)21(27)25(22(24)28)17-11-10-14(2)15(3)12-17/h6-12,16H,5,13H2,1-4H3,(H,23,26)/t16-/m0/s1. The van der Waals surface area contributed by atoms with Gasteiger partial charge >= 0.3 is 5.69 Å². The molecule has 0 fully saturated rings. The summed E-state index contributed by atoms with van der Waals surface area (Å²) in [5.74, 6) is -0.258. The van der Waals surface area contributed by atoms with Gasteiger partial charge in [0.25, 0.3) is 5.56 Å². The lowest BCUT2D eigenvalue weighted by molar-refractivity contribution is -0.122. The lowest BCUT2D eigenvalue weighted by atomic mass is 10.1. The highest BCUT2D eigenvalue weighted by atomic mass is 16.2. The molecule has 0 aliphatic rings. The van der Waals surface area contributed by atoms with Crippen LogP contribution in [0.4, 0.5) is 0 Å². The second kappa shape index (κ2) is 7.84. The van der Waals surface area contributed by atoms with E-state index in [2.05, 4.69) is 5.32 Å². The topological polar surface area (TPSA) is 73.1 Å². The molecule has 146 valence electrons. The van der Waals surface area contributed by atoms with Gasteiger partial charge in [0.2, 0.25) is 5.91 Å². The molecule has 0 aliphatic carbocycles. The Labute approximate surface area is 163 Å². The Morgan fingerprint density at radius 1 is 1.07 bits per heavy atom. The molecule has 1 N–H and O–H groups in total. The van der Waals surface area contributed by atoms with E-state index in [1.54, 1.807) is 30.3 Å². The van der Waals surface area contributed by atoms with Crippen LogP contribution in [0.1, 0.15) is 31.4 Å². The van der Waals surface area contributed by atoms with Crippen LogP contribution in [-0.2, 0) is 11.3 Å². The normalized spacial score (nSPS) is 12.1. The molecule has 1 atom stereocenters. The van der Waals surface area contributed by atoms with Crippen LogP contribution in [0.25, 0.3) is 16.6 Å². The Morgan fingerprint density at radius 2 is 1.79 bits per heavy atom. The van der Waals surface area contributed by atoms with E-state index >= 15 is 0 Å². The largest absolute Gasteiger partial charge is 0.352 e. The van der Waals surface area contributed by atoms with Gasteiger partial charge in [0.15, 0.2) is 0 Å². The van der Waals surface area contributed by atoms with Crippen molar-refractivity contribution < 1.29 is 4.79 Å². The monoisotopic (exact) mass is 379 g/mol. The van der Waals surface area contributed by atoms with Gasteiger partial charge in [-0.2, -0.15) is 0 Å². The minimum absolute atomic E-state index is 0.0140. The minimum atomic E-state index is -0.522. The van der Waals surface area contributed by atoms with E-state index in [0.717, 1.165) is 22.1 Å². The van der Waals surface area contributed by atoms with Crippen molar-refractivity contribution in [2.24, 2.45) is 0 Å². The molecule has 0 spiro atoms. The van der Waals surface area contributed by atoms with Crippen molar-refractivity contribution in [2.75, 3.05) is 0 Å². The summed E-state index contributed by atoms with van der Waals surface area (Å²) in [6.07, 6.45) is 0.795. The third-order valence-electron chi connectivity index (χ3n) is 5.12. The minimum Gasteiger partial charge on any atom is -0.352 e. The summed E-state index contributed by atoms with van der Waals surface area (Å²) in [4.78, 5) is 38.7. The third kappa shape index (κ3) is 3.63. The van der Waals surface area contributed by atoms with Gasteiger partial charge in [0.1, 0.15) is 6.54 Å². The molecule has 3 aromatic rings. The molecule has 1 amide bonds. The molecule has 1 aromatic heterocycles. The number of para-hydroxylation sites is 1. The zero-order valence-corrected chi connectivity index (χ0v) is 16.7. The van der Waals surface area contributed by atoms with Crippen LogP contribution in [0, 0.1) is 13.8 Å². The number of nitrogens with one attached hydrogen (secondary N) is 1. The second-order valence-electron chi connectivity index (χ2n) is 7.17. The third-order valence-corrected chi connectivity index (χ3v) is 5.12. The first kappa shape index (κ1) is 19.6. The summed E-state index contributed by atoms with van der Waals surface area (Å²) in [5.41, 5.74) is 2.11. The number of nitrogens with zero attached hydrogens (tertiary/aromatic N) is 2. The van der Waals surface area contributed by atoms with Gasteiger partial charge < -0.3 is 5.32 Å². The SMILES string of the molecule is CC[C@H](C)NC(=O)Cn1c(=O)n(-c2ccc(C)c(C)c2)c(=O)c2ccccc21. The number of aryl methyl sites for hydroxylation is 2. The van der Waals surface area contributed by atoms with Gasteiger partial charge in [0.05, 0.1) is 16.6 Å². The summed E-state index contributed by atoms with van der Waals surface area (Å²) in [7, 11) is 0. The van der Waals surface area contributed by atoms with E-state index in [1.807, 2.05) is 39.8 Å². The average Bonchev–Trinajstić information content (AvgIpc) is 2.68. The van der Waals surface area contributed by atoms with Crippen LogP contribution < -0.4 is 16.6 Å². The number of carbonyl (C=O) groups is 1. The van der Waals surface area contributed by atoms with Crippen molar-refractivity contribution in [3.63, 3.8) is 0 Å². The number of benzene rings is 2. The molecule has 6 heteroatoms. The number of hydrogen-bond acceptors (Lipinski definition) is 3. The van der Waals surface area contributed by atoms with Gasteiger partial charge in [-0.25, -0.2) is 9.36 Å². The number of rotatable bonds is 5. The van der Waals surface area contributed by atoms with E-state index in [9.17, 15) is 14.4 Å². The van der Waals surface area contributed by atoms with Crippen LogP contribution in [0.5, 0.6) is 0 Å². The summed E-state index contributed by atoms with van der Waals surface area (Å²) in [5, 5.41) is 3.27. The maximum Gasteiger partial charge on any atom is 0.336 e. The number of aromatic nitrogens is 2. The highest BCUT2D eigenvalue weighted by molar-refractivity contribution is 5.82. The molecule has 0 bridgehead atoms. The van der Waals surface area contributed by atoms with Crippen LogP contribution in [0.2, 0.25) is 0 Å². The molecule has 6 nitrogen and oxygen atoms in total. The summed E-state index contributed by atoms with van der Waals surface area (Å²) in [6.45, 7) is 7.65. The molecule has 0 unspecified atom stereocenters. The van der Waals surface area contributed by atoms with Crippen LogP contribution >= 0.6 is 0 Å². The van der Waals surface area contributed by atoms with E-state index < -0.39 is 5.69 Å². The number of hydrogen-bond donors (Lipinski definition) is 1. The summed E-state index contributed by atoms with van der Waals surface area (Å²) < 4.78 is 2.51. The predicted molar refractivity (Wildman–Crippen MR) is 111 cm³/mol. The fraction of sp³-hybridized carbons (Fsp3) is 0.318. The molecular weight excluding hydrogens is 354 g/mol. The molecule has 0 aliphatic heterocycles. The Morgan fingerprint density at radius 3 is 2.46 bits per heavy atom. The Bertz CT molecular complexity index is 1160. The zero-order valence-electron chi connectivity index (χ0n) is 16.7. The maximum atomic E-state index is 13.2. The Kier molecular flexibility index (Phi) is 5.49. The number of amides is 1. The maximum absolute atomic E-state index is 13.2. The van der Waals surface area contributed by atoms with E-state index in [1.165, 1.54) is 4.57 Å². The molecule has 28 heavy (non-hydrogen) atoms. The van der Waals surface area contributed by atoms with Crippen LogP contribution in [-0.4, -0.2) is 21.1 Å². The van der Waals surface area contributed by atoms with Crippen LogP contribution in [0.3, 0.4) is 0 Å². The lowest BCUT2D eigenvalue weighted by Gasteiger charge is -2.16. The zero-order chi connectivity index (χ0) is 20.4. The molecular formula is C22H25N3O3. The second-order valence-corrected chi connectivity index (χ2v) is 7.17. The van der Waals surface area contributed by atoms with E-state index in [4.69, 9.17) is 0 Å². The predicted octanol–water partition coefficient (Wildman–Crippen LogP) is 2.68. The Hall–Kier alpha value is -3.15. The molecule has 0 saturated carbocycles. The van der Waals surface area contributed by atoms with Crippen molar-refractivity contribution >= 4 is 16.8 Å². The van der Waals surface area contributed by atoms with Crippen molar-refractivity contribution in [2.45, 2.75) is 46.7 Å². The lowest BCUT2D eigenvalue weighted by Crippen LogP contribution is -2.43. The quantitative estimate of drug-likeness (QED) is 0.741. The van der Waals surface area contributed by atoms with Crippen molar-refractivity contribution in [3.8, 4) is 5.69 Å². The molecule has 0 saturated heterocycles. The highest BCUT2D eigenvalue weighted by Crippen LogP contribution is 2.14. The van der Waals surface area contributed by atoms with Crippen molar-refractivity contribution in [1.29, 1.82) is 0 Å². The smallest absolute Gasteiger partial charge is 0.336 e. The summed E-state index contributed by atoms with van der Waals surface area (Å²) >= 11 is 0. The average molecular weight is 379 g/mol. The molecule has 0 radical (unpaired) electrons. The van der Waals surface area contributed by atoms with Crippen molar-refractivity contribution in [3.05, 3.63) is 74.4 Å². The van der Waals surface area contributed by atoms with Gasteiger partial charge in [-0.05, 0) is 62.6 Å². The molecule has 3 rings (SSSR count). The summed E-state index contributed by atoms with van der Waals surface area (Å²) in [6, 6.07) is 12.3. The first-order valence-electron chi connectivity index (χ1n) is 9.45. The first-order valence-corrected chi connectivity index (χ1v) is 9.45.